The van der Waals surface area contributed by atoms with E-state index < -0.39 is 39.7 Å². The summed E-state index contributed by atoms with van der Waals surface area (Å²) < 4.78 is 79.9. The molecule has 35 heavy (non-hydrogen) atoms. The number of rotatable bonds is 5. The molecule has 2 heterocycles. The lowest BCUT2D eigenvalue weighted by molar-refractivity contribution is -0.383. The van der Waals surface area contributed by atoms with E-state index in [0.717, 1.165) is 11.3 Å². The van der Waals surface area contributed by atoms with E-state index in [1.54, 1.807) is 4.90 Å². The molecular weight excluding hydrogens is 506 g/mol. The minimum absolute atomic E-state index is 0.113. The second kappa shape index (κ2) is 8.96. The van der Waals surface area contributed by atoms with Crippen LogP contribution in [0.1, 0.15) is 11.1 Å². The first kappa shape index (κ1) is 24.7. The molecule has 8 nitrogen and oxygen atoms in total. The van der Waals surface area contributed by atoms with Gasteiger partial charge in [0.15, 0.2) is 5.13 Å². The minimum atomic E-state index is -4.87. The van der Waals surface area contributed by atoms with Gasteiger partial charge in [-0.1, -0.05) is 23.5 Å². The summed E-state index contributed by atoms with van der Waals surface area (Å²) in [5.74, 6) is -0.357. The number of ether oxygens (including phenoxy) is 1. The van der Waals surface area contributed by atoms with Crippen molar-refractivity contribution in [2.75, 3.05) is 24.7 Å². The number of hydrogen-bond acceptors (Lipinski definition) is 8. The van der Waals surface area contributed by atoms with Crippen LogP contribution in [0.4, 0.5) is 37.2 Å². The minimum Gasteiger partial charge on any atom is -0.406 e. The Balaban J connectivity index is 1.55. The van der Waals surface area contributed by atoms with Crippen molar-refractivity contribution >= 4 is 32.2 Å². The van der Waals surface area contributed by atoms with E-state index in [2.05, 4.69) is 9.72 Å². The number of fused-ring (bicyclic) bond motifs is 1. The number of aromatic nitrogens is 1. The molecule has 1 saturated heterocycles. The highest BCUT2D eigenvalue weighted by atomic mass is 32.1. The number of anilines is 1. The smallest absolute Gasteiger partial charge is 0.406 e. The summed E-state index contributed by atoms with van der Waals surface area (Å²) >= 11 is 0.744. The van der Waals surface area contributed by atoms with Gasteiger partial charge in [-0.25, -0.2) is 0 Å². The maximum Gasteiger partial charge on any atom is 0.573 e. The first-order chi connectivity index (χ1) is 16.3. The van der Waals surface area contributed by atoms with Gasteiger partial charge in [-0.3, -0.25) is 19.8 Å². The van der Waals surface area contributed by atoms with Gasteiger partial charge in [0.25, 0.3) is 11.2 Å². The molecule has 2 aromatic carbocycles. The third-order valence-corrected chi connectivity index (χ3v) is 6.27. The Kier molecular flexibility index (Phi) is 6.31. The van der Waals surface area contributed by atoms with E-state index in [1.807, 2.05) is 4.90 Å². The van der Waals surface area contributed by atoms with Crippen molar-refractivity contribution in [3.63, 3.8) is 0 Å². The van der Waals surface area contributed by atoms with Gasteiger partial charge < -0.3 is 9.64 Å². The first-order valence-corrected chi connectivity index (χ1v) is 10.6. The van der Waals surface area contributed by atoms with Gasteiger partial charge >= 0.3 is 12.5 Å². The number of benzene rings is 2. The van der Waals surface area contributed by atoms with E-state index in [4.69, 9.17) is 0 Å². The van der Waals surface area contributed by atoms with E-state index >= 15 is 0 Å². The molecule has 3 aromatic rings. The molecule has 0 N–H and O–H groups in total. The molecule has 15 heteroatoms. The lowest BCUT2D eigenvalue weighted by atomic mass is 10.1. The highest BCUT2D eigenvalue weighted by Gasteiger charge is 2.35. The zero-order valence-corrected chi connectivity index (χ0v) is 18.2. The highest BCUT2D eigenvalue weighted by molar-refractivity contribution is 7.22. The predicted molar refractivity (Wildman–Crippen MR) is 113 cm³/mol. The fourth-order valence-electron chi connectivity index (χ4n) is 3.56. The van der Waals surface area contributed by atoms with Crippen molar-refractivity contribution in [1.82, 2.24) is 9.88 Å². The predicted octanol–water partition coefficient (Wildman–Crippen LogP) is 4.76. The van der Waals surface area contributed by atoms with E-state index in [1.165, 1.54) is 24.3 Å². The molecule has 1 aliphatic heterocycles. The molecule has 0 amide bonds. The third-order valence-electron chi connectivity index (χ3n) is 5.10. The number of hydrogen-bond donors (Lipinski definition) is 0. The summed E-state index contributed by atoms with van der Waals surface area (Å²) in [6.07, 6.45) is -9.67. The molecule has 1 aromatic heterocycles. The topological polar surface area (TPSA) is 88.8 Å². The summed E-state index contributed by atoms with van der Waals surface area (Å²) in [6.45, 7) is 1.44. The molecule has 0 saturated carbocycles. The summed E-state index contributed by atoms with van der Waals surface area (Å²) in [5.41, 5.74) is -2.47. The number of nitro groups is 1. The Morgan fingerprint density at radius 2 is 1.77 bits per heavy atom. The van der Waals surface area contributed by atoms with Crippen LogP contribution in [0, 0.1) is 10.1 Å². The van der Waals surface area contributed by atoms with Gasteiger partial charge in [0.2, 0.25) is 0 Å². The summed E-state index contributed by atoms with van der Waals surface area (Å²) in [6, 6.07) is 6.25. The Labute approximate surface area is 196 Å². The van der Waals surface area contributed by atoms with Crippen LogP contribution in [0.5, 0.6) is 5.75 Å². The first-order valence-electron chi connectivity index (χ1n) is 9.82. The van der Waals surface area contributed by atoms with Crippen LogP contribution >= 0.6 is 11.3 Å². The molecule has 0 unspecified atom stereocenters. The number of non-ortho nitro benzene ring substituents is 1. The van der Waals surface area contributed by atoms with Crippen molar-refractivity contribution in [1.29, 1.82) is 0 Å². The Morgan fingerprint density at radius 1 is 1.09 bits per heavy atom. The Morgan fingerprint density at radius 3 is 2.37 bits per heavy atom. The third kappa shape index (κ3) is 5.62. The summed E-state index contributed by atoms with van der Waals surface area (Å²) in [7, 11) is 0. The number of nitro benzene ring substituents is 1. The average Bonchev–Trinajstić information content (AvgIpc) is 3.21. The summed E-state index contributed by atoms with van der Waals surface area (Å²) in [4.78, 5) is 30.3. The van der Waals surface area contributed by atoms with Crippen molar-refractivity contribution in [3.05, 3.63) is 68.0 Å². The van der Waals surface area contributed by atoms with Crippen molar-refractivity contribution in [3.8, 4) is 5.75 Å². The zero-order valence-electron chi connectivity index (χ0n) is 17.4. The van der Waals surface area contributed by atoms with Gasteiger partial charge in [0, 0.05) is 25.7 Å². The number of nitrogens with zero attached hydrogens (tertiary/aromatic N) is 4. The van der Waals surface area contributed by atoms with Crippen LogP contribution in [-0.4, -0.2) is 40.9 Å². The van der Waals surface area contributed by atoms with Gasteiger partial charge in [-0.2, -0.15) is 18.2 Å². The Bertz CT molecular complexity index is 1330. The average molecular weight is 520 g/mol. The van der Waals surface area contributed by atoms with Crippen LogP contribution in [0.3, 0.4) is 0 Å². The SMILES string of the molecule is O=c1nc(N2CCN(Cc3ccc(OC(F)(F)F)cc3)C2)sc2c([N+](=O)[O-])cc(C(F)(F)F)cc12. The monoisotopic (exact) mass is 520 g/mol. The zero-order chi connectivity index (χ0) is 25.5. The van der Waals surface area contributed by atoms with Crippen molar-refractivity contribution in [2.24, 2.45) is 0 Å². The molecule has 1 fully saturated rings. The molecule has 4 rings (SSSR count). The molecule has 0 spiro atoms. The molecule has 186 valence electrons. The molecule has 0 bridgehead atoms. The van der Waals surface area contributed by atoms with Crippen LogP contribution < -0.4 is 15.2 Å². The lowest BCUT2D eigenvalue weighted by Crippen LogP contribution is -2.26. The fourth-order valence-corrected chi connectivity index (χ4v) is 4.64. The maximum absolute atomic E-state index is 13.1. The van der Waals surface area contributed by atoms with Crippen LogP contribution in [0.15, 0.2) is 41.2 Å². The normalized spacial score (nSPS) is 15.1. The quantitative estimate of drug-likeness (QED) is 0.272. The van der Waals surface area contributed by atoms with Crippen LogP contribution in [0.25, 0.3) is 10.1 Å². The van der Waals surface area contributed by atoms with E-state index in [0.29, 0.717) is 37.3 Å². The van der Waals surface area contributed by atoms with Crippen molar-refractivity contribution in [2.45, 2.75) is 19.1 Å². The van der Waals surface area contributed by atoms with E-state index in [9.17, 15) is 41.3 Å². The summed E-state index contributed by atoms with van der Waals surface area (Å²) in [5, 5.41) is 11.0. The molecule has 1 aliphatic rings. The van der Waals surface area contributed by atoms with E-state index in [-0.39, 0.29) is 22.2 Å². The van der Waals surface area contributed by atoms with Crippen molar-refractivity contribution < 1.29 is 36.0 Å². The van der Waals surface area contributed by atoms with Gasteiger partial charge in [0.1, 0.15) is 10.4 Å². The number of alkyl halides is 6. The number of halogens is 6. The molecular formula is C20H14F6N4O4S. The Hall–Kier alpha value is -3.46. The largest absolute Gasteiger partial charge is 0.573 e. The van der Waals surface area contributed by atoms with Crippen LogP contribution in [0.2, 0.25) is 0 Å². The maximum atomic E-state index is 13.1. The molecule has 0 aliphatic carbocycles. The molecule has 0 radical (unpaired) electrons. The second-order valence-electron chi connectivity index (χ2n) is 7.58. The van der Waals surface area contributed by atoms with Gasteiger partial charge in [0.05, 0.1) is 22.5 Å². The van der Waals surface area contributed by atoms with Crippen LogP contribution in [-0.2, 0) is 12.7 Å². The van der Waals surface area contributed by atoms with Gasteiger partial charge in [-0.15, -0.1) is 13.2 Å². The van der Waals surface area contributed by atoms with Gasteiger partial charge in [-0.05, 0) is 23.8 Å². The standard InChI is InChI=1S/C20H14F6N4O4S/c21-19(22,23)12-7-14-16(15(8-12)30(32)33)35-18(27-17(14)31)29-6-5-28(10-29)9-11-1-3-13(4-2-11)34-20(24,25)26/h1-4,7-8H,5-6,9-10H2. The fraction of sp³-hybridized carbons (Fsp3) is 0.300. The second-order valence-corrected chi connectivity index (χ2v) is 8.56. The lowest BCUT2D eigenvalue weighted by Gasteiger charge is -2.19. The molecule has 0 atom stereocenters. The highest BCUT2D eigenvalue weighted by Crippen LogP contribution is 2.38.